The molecule has 0 spiro atoms. The van der Waals surface area contributed by atoms with Crippen LogP contribution in [-0.4, -0.2) is 48.0 Å². The predicted molar refractivity (Wildman–Crippen MR) is 108 cm³/mol. The molecule has 0 aliphatic rings. The number of nitrogens with zero attached hydrogens (tertiary/aromatic N) is 1. The van der Waals surface area contributed by atoms with E-state index in [-0.39, 0.29) is 5.97 Å². The highest BCUT2D eigenvalue weighted by Crippen LogP contribution is 2.34. The zero-order chi connectivity index (χ0) is 19.8. The molecule has 1 rings (SSSR count). The van der Waals surface area contributed by atoms with Crippen LogP contribution >= 0.6 is 11.8 Å². The van der Waals surface area contributed by atoms with Crippen LogP contribution in [0.25, 0.3) is 0 Å². The maximum atomic E-state index is 12.4. The van der Waals surface area contributed by atoms with E-state index in [0.29, 0.717) is 13.2 Å². The predicted octanol–water partition coefficient (Wildman–Crippen LogP) is 3.98. The van der Waals surface area contributed by atoms with Gasteiger partial charge in [-0.3, -0.25) is 9.69 Å². The van der Waals surface area contributed by atoms with Gasteiger partial charge in [0.2, 0.25) is 0 Å². The Morgan fingerprint density at radius 1 is 1.19 bits per heavy atom. The fourth-order valence-corrected chi connectivity index (χ4v) is 3.21. The van der Waals surface area contributed by atoms with Gasteiger partial charge in [0, 0.05) is 25.1 Å². The third kappa shape index (κ3) is 8.27. The smallest absolute Gasteiger partial charge is 0.322 e. The van der Waals surface area contributed by atoms with Crippen molar-refractivity contribution < 1.29 is 14.3 Å². The van der Waals surface area contributed by atoms with Crippen molar-refractivity contribution in [3.63, 3.8) is 0 Å². The molecule has 4 nitrogen and oxygen atoms in total. The molecular weight excluding hydrogens is 346 g/mol. The van der Waals surface area contributed by atoms with Crippen molar-refractivity contribution in [1.82, 2.24) is 4.90 Å². The molecule has 0 saturated carbocycles. The highest BCUT2D eigenvalue weighted by molar-refractivity contribution is 8.01. The zero-order valence-electron chi connectivity index (χ0n) is 16.8. The molecule has 1 aromatic rings. The van der Waals surface area contributed by atoms with Gasteiger partial charge in [0.1, 0.15) is 10.3 Å². The summed E-state index contributed by atoms with van der Waals surface area (Å²) in [5.74, 6) is 2.48. The van der Waals surface area contributed by atoms with Crippen LogP contribution in [0.3, 0.4) is 0 Å². The van der Waals surface area contributed by atoms with Crippen LogP contribution < -0.4 is 0 Å². The van der Waals surface area contributed by atoms with Crippen molar-refractivity contribution in [1.29, 1.82) is 0 Å². The maximum absolute atomic E-state index is 12.4. The quantitative estimate of drug-likeness (QED) is 0.370. The molecule has 0 aliphatic carbocycles. The van der Waals surface area contributed by atoms with Crippen LogP contribution in [-0.2, 0) is 20.8 Å². The Bertz CT molecular complexity index is 612. The second-order valence-corrected chi connectivity index (χ2v) is 9.36. The first kappa shape index (κ1) is 22.6. The van der Waals surface area contributed by atoms with Crippen molar-refractivity contribution >= 4 is 17.7 Å². The largest absolute Gasteiger partial charge is 0.459 e. The average molecular weight is 378 g/mol. The first-order valence-electron chi connectivity index (χ1n) is 8.73. The summed E-state index contributed by atoms with van der Waals surface area (Å²) in [6.07, 6.45) is 5.44. The topological polar surface area (TPSA) is 38.8 Å². The second-order valence-electron chi connectivity index (χ2n) is 7.67. The van der Waals surface area contributed by atoms with Crippen molar-refractivity contribution in [2.75, 3.05) is 26.8 Å². The molecule has 0 amide bonds. The summed E-state index contributed by atoms with van der Waals surface area (Å²) in [4.78, 5) is 15.6. The van der Waals surface area contributed by atoms with Gasteiger partial charge >= 0.3 is 5.97 Å². The highest BCUT2D eigenvalue weighted by Gasteiger charge is 2.33. The van der Waals surface area contributed by atoms with E-state index in [9.17, 15) is 4.79 Å². The summed E-state index contributed by atoms with van der Waals surface area (Å²) in [7, 11) is 1.69. The third-order valence-corrected chi connectivity index (χ3v) is 4.70. The standard InChI is InChI=1S/C21H31NO3S/c1-8-13-22(14-15-24-7)16-17-9-11-18(12-10-17)26-21(5,6)19(23)25-20(2,3)4/h1,9-12H,13-16H2,2-7H3. The Labute approximate surface area is 162 Å². The molecule has 5 heteroatoms. The summed E-state index contributed by atoms with van der Waals surface area (Å²) in [5.41, 5.74) is 0.692. The normalized spacial score (nSPS) is 12.1. The van der Waals surface area contributed by atoms with E-state index in [0.717, 1.165) is 18.0 Å². The number of terminal acetylenes is 1. The van der Waals surface area contributed by atoms with Crippen LogP contribution in [0.15, 0.2) is 29.2 Å². The number of thioether (sulfide) groups is 1. The average Bonchev–Trinajstić information content (AvgIpc) is 2.52. The van der Waals surface area contributed by atoms with Gasteiger partial charge in [0.05, 0.1) is 13.2 Å². The number of hydrogen-bond acceptors (Lipinski definition) is 5. The fourth-order valence-electron chi connectivity index (χ4n) is 2.22. The Morgan fingerprint density at radius 2 is 1.81 bits per heavy atom. The van der Waals surface area contributed by atoms with E-state index in [4.69, 9.17) is 15.9 Å². The maximum Gasteiger partial charge on any atom is 0.322 e. The number of ether oxygens (including phenoxy) is 2. The van der Waals surface area contributed by atoms with Crippen LogP contribution in [0.4, 0.5) is 0 Å². The second kappa shape index (κ2) is 10.0. The lowest BCUT2D eigenvalue weighted by molar-refractivity contribution is -0.156. The Morgan fingerprint density at radius 3 is 2.31 bits per heavy atom. The Balaban J connectivity index is 2.71. The summed E-state index contributed by atoms with van der Waals surface area (Å²) in [6, 6.07) is 8.22. The van der Waals surface area contributed by atoms with Gasteiger partial charge in [-0.1, -0.05) is 18.1 Å². The van der Waals surface area contributed by atoms with Gasteiger partial charge in [-0.25, -0.2) is 0 Å². The Hall–Kier alpha value is -1.48. The van der Waals surface area contributed by atoms with E-state index in [2.05, 4.69) is 23.0 Å². The highest BCUT2D eigenvalue weighted by atomic mass is 32.2. The summed E-state index contributed by atoms with van der Waals surface area (Å²) in [6.45, 7) is 12.2. The minimum absolute atomic E-state index is 0.209. The lowest BCUT2D eigenvalue weighted by Gasteiger charge is -2.28. The molecular formula is C21H31NO3S. The van der Waals surface area contributed by atoms with Crippen LogP contribution in [0.2, 0.25) is 0 Å². The molecule has 0 atom stereocenters. The first-order valence-corrected chi connectivity index (χ1v) is 9.55. The zero-order valence-corrected chi connectivity index (χ0v) is 17.6. The van der Waals surface area contributed by atoms with Gasteiger partial charge in [-0.15, -0.1) is 18.2 Å². The molecule has 0 fully saturated rings. The summed E-state index contributed by atoms with van der Waals surface area (Å²) < 4.78 is 10.00. The van der Waals surface area contributed by atoms with Gasteiger partial charge in [-0.2, -0.15) is 0 Å². The number of rotatable bonds is 9. The number of hydrogen-bond donors (Lipinski definition) is 0. The van der Waals surface area contributed by atoms with Crippen molar-refractivity contribution in [2.45, 2.75) is 56.4 Å². The van der Waals surface area contributed by atoms with Gasteiger partial charge < -0.3 is 9.47 Å². The molecule has 0 saturated heterocycles. The minimum Gasteiger partial charge on any atom is -0.459 e. The van der Waals surface area contributed by atoms with E-state index in [1.807, 2.05) is 46.8 Å². The van der Waals surface area contributed by atoms with Crippen LogP contribution in [0.5, 0.6) is 0 Å². The molecule has 0 N–H and O–H groups in total. The molecule has 0 aromatic heterocycles. The first-order chi connectivity index (χ1) is 12.1. The van der Waals surface area contributed by atoms with Crippen molar-refractivity contribution in [3.8, 4) is 12.3 Å². The monoisotopic (exact) mass is 377 g/mol. The van der Waals surface area contributed by atoms with Crippen LogP contribution in [0, 0.1) is 12.3 Å². The molecule has 144 valence electrons. The lowest BCUT2D eigenvalue weighted by atomic mass is 10.1. The molecule has 1 aromatic carbocycles. The van der Waals surface area contributed by atoms with E-state index >= 15 is 0 Å². The van der Waals surface area contributed by atoms with Crippen LogP contribution in [0.1, 0.15) is 40.2 Å². The van der Waals surface area contributed by atoms with Crippen molar-refractivity contribution in [3.05, 3.63) is 29.8 Å². The fraction of sp³-hybridized carbons (Fsp3) is 0.571. The van der Waals surface area contributed by atoms with E-state index in [1.54, 1.807) is 7.11 Å². The molecule has 0 radical (unpaired) electrons. The van der Waals surface area contributed by atoms with Crippen molar-refractivity contribution in [2.24, 2.45) is 0 Å². The third-order valence-electron chi connectivity index (χ3n) is 3.52. The van der Waals surface area contributed by atoms with Gasteiger partial charge in [-0.05, 0) is 52.3 Å². The molecule has 0 bridgehead atoms. The van der Waals surface area contributed by atoms with Gasteiger partial charge in [0.15, 0.2) is 0 Å². The van der Waals surface area contributed by atoms with E-state index < -0.39 is 10.3 Å². The number of benzene rings is 1. The molecule has 0 heterocycles. The lowest BCUT2D eigenvalue weighted by Crippen LogP contribution is -2.36. The Kier molecular flexibility index (Phi) is 8.69. The summed E-state index contributed by atoms with van der Waals surface area (Å²) >= 11 is 1.51. The van der Waals surface area contributed by atoms with E-state index in [1.165, 1.54) is 17.3 Å². The molecule has 0 aliphatic heterocycles. The molecule has 0 unspecified atom stereocenters. The SMILES string of the molecule is C#CCN(CCOC)Cc1ccc(SC(C)(C)C(=O)OC(C)(C)C)cc1. The summed E-state index contributed by atoms with van der Waals surface area (Å²) in [5, 5.41) is 0. The number of carbonyl (C=O) groups excluding carboxylic acids is 1. The number of methoxy groups -OCH3 is 1. The number of esters is 1. The molecule has 26 heavy (non-hydrogen) atoms. The minimum atomic E-state index is -0.650. The number of carbonyl (C=O) groups is 1. The van der Waals surface area contributed by atoms with Gasteiger partial charge in [0.25, 0.3) is 0 Å².